The molecule has 0 aromatic carbocycles. The average Bonchev–Trinajstić information content (AvgIpc) is 2.62. The number of hydrogen-bond acceptors (Lipinski definition) is 7. The molecule has 0 aliphatic heterocycles. The second kappa shape index (κ2) is 7.46. The Morgan fingerprint density at radius 1 is 1.46 bits per heavy atom. The number of rotatable bonds is 6. The lowest BCUT2D eigenvalue weighted by Gasteiger charge is -2.62. The summed E-state index contributed by atoms with van der Waals surface area (Å²) in [6.45, 7) is 7.99. The van der Waals surface area contributed by atoms with Crippen molar-refractivity contribution in [3.8, 4) is 0 Å². The van der Waals surface area contributed by atoms with E-state index in [1.807, 2.05) is 0 Å². The van der Waals surface area contributed by atoms with Crippen molar-refractivity contribution >= 4 is 33.4 Å². The molecule has 9 nitrogen and oxygen atoms in total. The number of carbonyl (C=O) groups is 1. The summed E-state index contributed by atoms with van der Waals surface area (Å²) in [6.07, 6.45) is 2.06. The Kier molecular flexibility index (Phi) is 5.53. The van der Waals surface area contributed by atoms with Gasteiger partial charge < -0.3 is 20.2 Å². The lowest BCUT2D eigenvalue weighted by Crippen LogP contribution is -2.58. The van der Waals surface area contributed by atoms with Crippen molar-refractivity contribution in [2.75, 3.05) is 11.9 Å². The smallest absolute Gasteiger partial charge is 0.413 e. The molecule has 1 heterocycles. The van der Waals surface area contributed by atoms with Crippen molar-refractivity contribution in [2.24, 2.45) is 23.2 Å². The quantitative estimate of drug-likeness (QED) is 0.397. The van der Waals surface area contributed by atoms with Crippen molar-refractivity contribution in [2.45, 2.75) is 53.1 Å². The zero-order valence-electron chi connectivity index (χ0n) is 16.4. The fourth-order valence-electron chi connectivity index (χ4n) is 4.75. The standard InChI is InChI=1S/C18H25BrN4O5/c1-5-28-13(24)8-22-17(25)14(19)15(16(21-22)23(26)27)20-12-7-10-6-11(9(12)2)18(10,3)4/h9-12,20H,5-8H2,1-4H3/t9-,10+,11-,12-/m1/s1. The van der Waals surface area contributed by atoms with E-state index < -0.39 is 28.8 Å². The van der Waals surface area contributed by atoms with Gasteiger partial charge in [-0.25, -0.2) is 4.79 Å². The first-order chi connectivity index (χ1) is 13.1. The zero-order valence-corrected chi connectivity index (χ0v) is 18.0. The van der Waals surface area contributed by atoms with E-state index in [4.69, 9.17) is 4.74 Å². The number of hydrogen-bond donors (Lipinski definition) is 1. The van der Waals surface area contributed by atoms with E-state index >= 15 is 0 Å². The molecule has 0 saturated heterocycles. The van der Waals surface area contributed by atoms with E-state index in [1.54, 1.807) is 6.92 Å². The van der Waals surface area contributed by atoms with Crippen LogP contribution in [-0.2, 0) is 16.1 Å². The van der Waals surface area contributed by atoms with Crippen molar-refractivity contribution < 1.29 is 14.5 Å². The Morgan fingerprint density at radius 2 is 2.14 bits per heavy atom. The van der Waals surface area contributed by atoms with Crippen LogP contribution in [0.4, 0.5) is 11.5 Å². The molecule has 3 saturated carbocycles. The summed E-state index contributed by atoms with van der Waals surface area (Å²) >= 11 is 3.18. The number of carbonyl (C=O) groups excluding carboxylic acids is 1. The van der Waals surface area contributed by atoms with Crippen molar-refractivity contribution in [1.82, 2.24) is 9.78 Å². The number of fused-ring (bicyclic) bond motifs is 2. The van der Waals surface area contributed by atoms with Gasteiger partial charge in [0.15, 0.2) is 12.2 Å². The largest absolute Gasteiger partial charge is 0.465 e. The summed E-state index contributed by atoms with van der Waals surface area (Å²) < 4.78 is 5.57. The van der Waals surface area contributed by atoms with Gasteiger partial charge in [0.1, 0.15) is 4.47 Å². The molecule has 1 N–H and O–H groups in total. The molecule has 28 heavy (non-hydrogen) atoms. The van der Waals surface area contributed by atoms with Gasteiger partial charge in [-0.2, -0.15) is 0 Å². The molecule has 4 rings (SSSR count). The van der Waals surface area contributed by atoms with Gasteiger partial charge in [-0.1, -0.05) is 20.8 Å². The van der Waals surface area contributed by atoms with E-state index in [9.17, 15) is 19.7 Å². The highest BCUT2D eigenvalue weighted by Crippen LogP contribution is 2.61. The fourth-order valence-corrected chi connectivity index (χ4v) is 5.24. The van der Waals surface area contributed by atoms with Gasteiger partial charge >= 0.3 is 17.3 Å². The van der Waals surface area contributed by atoms with Crippen molar-refractivity contribution in [1.29, 1.82) is 0 Å². The van der Waals surface area contributed by atoms with Gasteiger partial charge in [0.2, 0.25) is 0 Å². The summed E-state index contributed by atoms with van der Waals surface area (Å²) in [5.74, 6) is 0.247. The topological polar surface area (TPSA) is 116 Å². The second-order valence-electron chi connectivity index (χ2n) is 8.24. The molecule has 3 fully saturated rings. The Labute approximate surface area is 171 Å². The maximum absolute atomic E-state index is 12.6. The van der Waals surface area contributed by atoms with Crippen molar-refractivity contribution in [3.63, 3.8) is 0 Å². The van der Waals surface area contributed by atoms with Gasteiger partial charge in [-0.05, 0) is 63.8 Å². The zero-order chi connectivity index (χ0) is 20.8. The number of ether oxygens (including phenoxy) is 1. The van der Waals surface area contributed by atoms with E-state index in [0.717, 1.165) is 11.1 Å². The number of nitrogens with zero attached hydrogens (tertiary/aromatic N) is 3. The van der Waals surface area contributed by atoms with Crippen LogP contribution in [0.5, 0.6) is 0 Å². The van der Waals surface area contributed by atoms with Crippen LogP contribution < -0.4 is 10.9 Å². The van der Waals surface area contributed by atoms with E-state index in [0.29, 0.717) is 17.8 Å². The monoisotopic (exact) mass is 456 g/mol. The molecule has 4 atom stereocenters. The number of aromatic nitrogens is 2. The van der Waals surface area contributed by atoms with Gasteiger partial charge in [-0.15, -0.1) is 4.68 Å². The second-order valence-corrected chi connectivity index (χ2v) is 9.04. The van der Waals surface area contributed by atoms with Crippen LogP contribution in [0.25, 0.3) is 0 Å². The van der Waals surface area contributed by atoms with Gasteiger partial charge in [0, 0.05) is 6.04 Å². The van der Waals surface area contributed by atoms with E-state index in [1.165, 1.54) is 6.42 Å². The normalized spacial score (nSPS) is 27.6. The summed E-state index contributed by atoms with van der Waals surface area (Å²) in [4.78, 5) is 35.2. The minimum Gasteiger partial charge on any atom is -0.465 e. The summed E-state index contributed by atoms with van der Waals surface area (Å²) in [7, 11) is 0. The molecule has 2 bridgehead atoms. The minimum atomic E-state index is -0.678. The maximum atomic E-state index is 12.6. The predicted molar refractivity (Wildman–Crippen MR) is 106 cm³/mol. The summed E-state index contributed by atoms with van der Waals surface area (Å²) in [5.41, 5.74) is -0.261. The van der Waals surface area contributed by atoms with Crippen LogP contribution in [0.3, 0.4) is 0 Å². The lowest BCUT2D eigenvalue weighted by atomic mass is 9.45. The molecule has 3 aliphatic carbocycles. The molecule has 0 amide bonds. The van der Waals surface area contributed by atoms with Gasteiger partial charge in [-0.3, -0.25) is 4.79 Å². The molecule has 0 radical (unpaired) electrons. The third-order valence-electron chi connectivity index (χ3n) is 6.52. The molecule has 154 valence electrons. The third-order valence-corrected chi connectivity index (χ3v) is 7.26. The molecule has 10 heteroatoms. The molecule has 3 aliphatic rings. The highest BCUT2D eigenvalue weighted by atomic mass is 79.9. The highest BCUT2D eigenvalue weighted by molar-refractivity contribution is 9.10. The van der Waals surface area contributed by atoms with Crippen LogP contribution in [0.15, 0.2) is 9.27 Å². The Bertz CT molecular complexity index is 868. The molecule has 0 unspecified atom stereocenters. The van der Waals surface area contributed by atoms with Crippen LogP contribution in [-0.4, -0.2) is 33.3 Å². The molecule has 1 aromatic rings. The van der Waals surface area contributed by atoms with Crippen molar-refractivity contribution in [3.05, 3.63) is 24.9 Å². The minimum absolute atomic E-state index is 0.00389. The molecular formula is C18H25BrN4O5. The van der Waals surface area contributed by atoms with Crippen LogP contribution >= 0.6 is 15.9 Å². The van der Waals surface area contributed by atoms with Gasteiger partial charge in [0.25, 0.3) is 0 Å². The Morgan fingerprint density at radius 3 is 2.68 bits per heavy atom. The van der Waals surface area contributed by atoms with Crippen LogP contribution in [0.2, 0.25) is 0 Å². The van der Waals surface area contributed by atoms with Crippen LogP contribution in [0, 0.1) is 33.3 Å². The fraction of sp³-hybridized carbons (Fsp3) is 0.722. The predicted octanol–water partition coefficient (Wildman–Crippen LogP) is 2.96. The number of halogens is 1. The maximum Gasteiger partial charge on any atom is 0.413 e. The first-order valence-electron chi connectivity index (χ1n) is 9.45. The number of nitrogens with one attached hydrogen (secondary N) is 1. The lowest BCUT2D eigenvalue weighted by molar-refractivity contribution is -0.389. The Hall–Kier alpha value is -1.97. The van der Waals surface area contributed by atoms with E-state index in [2.05, 4.69) is 47.1 Å². The number of anilines is 1. The molecular weight excluding hydrogens is 432 g/mol. The first kappa shape index (κ1) is 20.8. The van der Waals surface area contributed by atoms with Gasteiger partial charge in [0.05, 0.1) is 11.7 Å². The highest BCUT2D eigenvalue weighted by Gasteiger charge is 2.56. The number of nitro groups is 1. The summed E-state index contributed by atoms with van der Waals surface area (Å²) in [5, 5.41) is 18.6. The SMILES string of the molecule is CCOC(=O)Cn1nc([N+](=O)[O-])c(N[C@@H]2C[C@@H]3C[C@H]([C@H]2C)C3(C)C)c(Br)c1=O. The molecule has 1 aromatic heterocycles. The first-order valence-corrected chi connectivity index (χ1v) is 10.2. The van der Waals surface area contributed by atoms with Crippen LogP contribution in [0.1, 0.15) is 40.5 Å². The summed E-state index contributed by atoms with van der Waals surface area (Å²) in [6, 6.07) is 0.0221. The third kappa shape index (κ3) is 3.42. The molecule has 0 spiro atoms. The Balaban J connectivity index is 1.91. The average molecular weight is 457 g/mol. The van der Waals surface area contributed by atoms with E-state index in [-0.39, 0.29) is 28.2 Å². The number of esters is 1.